The van der Waals surface area contributed by atoms with Crippen molar-refractivity contribution in [1.82, 2.24) is 0 Å². The zero-order valence-electron chi connectivity index (χ0n) is 8.69. The summed E-state index contributed by atoms with van der Waals surface area (Å²) in [4.78, 5) is 1.36. The van der Waals surface area contributed by atoms with Crippen molar-refractivity contribution in [1.29, 1.82) is 0 Å². The third-order valence-electron chi connectivity index (χ3n) is 1.78. The van der Waals surface area contributed by atoms with Crippen LogP contribution in [0.25, 0.3) is 0 Å². The van der Waals surface area contributed by atoms with E-state index < -0.39 is 6.49 Å². The molecule has 0 aliphatic carbocycles. The van der Waals surface area contributed by atoms with Crippen molar-refractivity contribution in [2.24, 2.45) is 0 Å². The van der Waals surface area contributed by atoms with Crippen LogP contribution in [0.5, 0.6) is 0 Å². The molecule has 0 bridgehead atoms. The van der Waals surface area contributed by atoms with E-state index >= 15 is 0 Å². The van der Waals surface area contributed by atoms with Crippen LogP contribution >= 0.6 is 18.3 Å². The van der Waals surface area contributed by atoms with Gasteiger partial charge in [-0.3, -0.25) is 0 Å². The van der Waals surface area contributed by atoms with Crippen molar-refractivity contribution < 1.29 is 9.05 Å². The predicted octanol–water partition coefficient (Wildman–Crippen LogP) is 3.74. The number of hydrogen-bond acceptors (Lipinski definition) is 4. The molecule has 0 amide bonds. The van der Waals surface area contributed by atoms with Crippen molar-refractivity contribution in [3.8, 4) is 0 Å². The summed E-state index contributed by atoms with van der Waals surface area (Å²) in [7, 11) is 0. The summed E-state index contributed by atoms with van der Waals surface area (Å²) in [6.45, 7) is 3.06. The van der Waals surface area contributed by atoms with Gasteiger partial charge in [0.1, 0.15) is 0 Å². The van der Waals surface area contributed by atoms with Crippen molar-refractivity contribution in [2.75, 3.05) is 19.0 Å². The van der Waals surface area contributed by atoms with Crippen molar-refractivity contribution in [3.63, 3.8) is 0 Å². The zero-order chi connectivity index (χ0) is 10.4. The van der Waals surface area contributed by atoms with E-state index in [-0.39, 0.29) is 0 Å². The van der Waals surface area contributed by atoms with Crippen molar-refractivity contribution in [2.45, 2.75) is 26.7 Å². The highest BCUT2D eigenvalue weighted by atomic mass is 32.5. The topological polar surface area (TPSA) is 18.5 Å². The van der Waals surface area contributed by atoms with E-state index in [0.29, 0.717) is 13.2 Å². The molecule has 1 aliphatic rings. The molecule has 0 radical (unpaired) electrons. The first kappa shape index (κ1) is 12.7. The number of rotatable bonds is 5. The molecule has 0 spiro atoms. The highest BCUT2D eigenvalue weighted by Crippen LogP contribution is 2.53. The van der Waals surface area contributed by atoms with Gasteiger partial charge in [-0.15, -0.1) is 11.8 Å². The summed E-state index contributed by atoms with van der Waals surface area (Å²) in [5.74, 6) is 3.27. The Bertz CT molecular complexity index is 235. The zero-order valence-corrected chi connectivity index (χ0v) is 11.2. The summed E-state index contributed by atoms with van der Waals surface area (Å²) in [5.41, 5.74) is 0. The second-order valence-corrected chi connectivity index (χ2v) is 7.53. The molecule has 82 valence electrons. The molecule has 14 heavy (non-hydrogen) atoms. The van der Waals surface area contributed by atoms with Crippen LogP contribution < -0.4 is 0 Å². The molecule has 0 aromatic carbocycles. The van der Waals surface area contributed by atoms with Crippen LogP contribution in [0.15, 0.2) is 10.7 Å². The molecule has 1 rings (SSSR count). The lowest BCUT2D eigenvalue weighted by Gasteiger charge is -2.17. The van der Waals surface area contributed by atoms with E-state index in [1.165, 1.54) is 17.1 Å². The van der Waals surface area contributed by atoms with Crippen LogP contribution in [0.4, 0.5) is 0 Å². The fourth-order valence-electron chi connectivity index (χ4n) is 1.27. The second-order valence-electron chi connectivity index (χ2n) is 2.92. The van der Waals surface area contributed by atoms with Crippen LogP contribution in [0.3, 0.4) is 0 Å². The molecule has 5 heteroatoms. The normalized spacial score (nSPS) is 20.6. The van der Waals surface area contributed by atoms with Gasteiger partial charge in [0.2, 0.25) is 6.49 Å². The highest BCUT2D eigenvalue weighted by Gasteiger charge is 2.18. The third kappa shape index (κ3) is 4.03. The summed E-state index contributed by atoms with van der Waals surface area (Å²) in [6, 6.07) is 0. The minimum atomic E-state index is -2.12. The van der Waals surface area contributed by atoms with E-state index in [4.69, 9.17) is 20.9 Å². The Hall–Kier alpha value is 0.660. The maximum atomic E-state index is 5.55. The quantitative estimate of drug-likeness (QED) is 0.694. The fraction of sp³-hybridized carbons (Fsp3) is 0.778. The molecule has 1 fully saturated rings. The van der Waals surface area contributed by atoms with Gasteiger partial charge < -0.3 is 9.05 Å². The van der Waals surface area contributed by atoms with Gasteiger partial charge in [-0.1, -0.05) is 0 Å². The molecule has 1 heterocycles. The summed E-state index contributed by atoms with van der Waals surface area (Å²) >= 11 is 7.30. The standard InChI is InChI=1S/C9H17O2PS2/c1-3-10-12(13,11-4-2)8-9-6-5-7-14-9/h8H,3-7H2,1-2H3/b9-8-. The molecule has 0 saturated carbocycles. The van der Waals surface area contributed by atoms with Gasteiger partial charge in [-0.25, -0.2) is 0 Å². The highest BCUT2D eigenvalue weighted by molar-refractivity contribution is 8.12. The third-order valence-corrected chi connectivity index (χ3v) is 5.95. The van der Waals surface area contributed by atoms with Crippen LogP contribution in [-0.2, 0) is 20.9 Å². The Morgan fingerprint density at radius 3 is 2.50 bits per heavy atom. The van der Waals surface area contributed by atoms with Gasteiger partial charge >= 0.3 is 0 Å². The molecular weight excluding hydrogens is 235 g/mol. The van der Waals surface area contributed by atoms with Gasteiger partial charge in [0.15, 0.2) is 0 Å². The Labute approximate surface area is 95.6 Å². The SMILES string of the molecule is CCOP(=S)(/C=C1/CCCS1)OCC. The molecule has 1 saturated heterocycles. The fourth-order valence-corrected chi connectivity index (χ4v) is 5.47. The molecule has 2 nitrogen and oxygen atoms in total. The van der Waals surface area contributed by atoms with E-state index in [0.717, 1.165) is 6.42 Å². The van der Waals surface area contributed by atoms with Gasteiger partial charge in [-0.2, -0.15) is 0 Å². The van der Waals surface area contributed by atoms with Crippen LogP contribution in [-0.4, -0.2) is 19.0 Å². The molecule has 0 aromatic heterocycles. The van der Waals surface area contributed by atoms with Gasteiger partial charge in [0.05, 0.1) is 13.2 Å². The Morgan fingerprint density at radius 2 is 2.07 bits per heavy atom. The Kier molecular flexibility index (Phi) is 5.72. The molecule has 0 unspecified atom stereocenters. The average Bonchev–Trinajstić information content (AvgIpc) is 2.57. The molecule has 0 N–H and O–H groups in total. The van der Waals surface area contributed by atoms with Crippen LogP contribution in [0, 0.1) is 0 Å². The monoisotopic (exact) mass is 252 g/mol. The van der Waals surface area contributed by atoms with Crippen LogP contribution in [0.1, 0.15) is 26.7 Å². The smallest absolute Gasteiger partial charge is 0.213 e. The average molecular weight is 252 g/mol. The number of hydrogen-bond donors (Lipinski definition) is 0. The molecule has 0 atom stereocenters. The first-order valence-electron chi connectivity index (χ1n) is 4.93. The second kappa shape index (κ2) is 6.29. The first-order chi connectivity index (χ1) is 6.70. The van der Waals surface area contributed by atoms with Crippen LogP contribution in [0.2, 0.25) is 0 Å². The lowest BCUT2D eigenvalue weighted by Crippen LogP contribution is -1.92. The van der Waals surface area contributed by atoms with Gasteiger partial charge in [-0.05, 0) is 49.2 Å². The first-order valence-corrected chi connectivity index (χ1v) is 8.63. The van der Waals surface area contributed by atoms with E-state index in [1.54, 1.807) is 0 Å². The van der Waals surface area contributed by atoms with Gasteiger partial charge in [0.25, 0.3) is 0 Å². The predicted molar refractivity (Wildman–Crippen MR) is 67.3 cm³/mol. The maximum Gasteiger partial charge on any atom is 0.213 e. The summed E-state index contributed by atoms with van der Waals surface area (Å²) in [6.07, 6.45) is 2.40. The van der Waals surface area contributed by atoms with E-state index in [1.807, 2.05) is 25.6 Å². The molecule has 0 aromatic rings. The van der Waals surface area contributed by atoms with Crippen molar-refractivity contribution in [3.05, 3.63) is 10.7 Å². The molecule has 1 aliphatic heterocycles. The number of allylic oxidation sites excluding steroid dienone is 1. The number of thioether (sulfide) groups is 1. The van der Waals surface area contributed by atoms with E-state index in [9.17, 15) is 0 Å². The largest absolute Gasteiger partial charge is 0.327 e. The maximum absolute atomic E-state index is 5.55. The van der Waals surface area contributed by atoms with Gasteiger partial charge in [0, 0.05) is 5.82 Å². The minimum absolute atomic E-state index is 0.631. The molecular formula is C9H17O2PS2. The summed E-state index contributed by atoms with van der Waals surface area (Å²) < 4.78 is 11.1. The van der Waals surface area contributed by atoms with Crippen molar-refractivity contribution >= 4 is 30.1 Å². The lowest BCUT2D eigenvalue weighted by molar-refractivity contribution is 0.274. The Morgan fingerprint density at radius 1 is 1.43 bits per heavy atom. The minimum Gasteiger partial charge on any atom is -0.327 e. The van der Waals surface area contributed by atoms with E-state index in [2.05, 4.69) is 5.82 Å². The summed E-state index contributed by atoms with van der Waals surface area (Å²) in [5, 5.41) is 0. The lowest BCUT2D eigenvalue weighted by atomic mass is 10.3. The Balaban J connectivity index is 2.66.